The van der Waals surface area contributed by atoms with Crippen LogP contribution in [0.15, 0.2) is 24.3 Å². The molecule has 54 heavy (non-hydrogen) atoms. The molecule has 0 amide bonds. The second-order valence-electron chi connectivity index (χ2n) is 15.8. The Labute approximate surface area is 331 Å². The molecule has 1 heterocycles. The molecule has 0 radical (unpaired) electrons. The van der Waals surface area contributed by atoms with E-state index in [0.717, 1.165) is 57.8 Å². The van der Waals surface area contributed by atoms with Gasteiger partial charge in [0.15, 0.2) is 12.4 Å². The van der Waals surface area contributed by atoms with Gasteiger partial charge in [0.05, 0.1) is 19.3 Å². The highest BCUT2D eigenvalue weighted by Crippen LogP contribution is 2.26. The van der Waals surface area contributed by atoms with Crippen molar-refractivity contribution in [1.29, 1.82) is 0 Å². The fourth-order valence-corrected chi connectivity index (χ4v) is 6.91. The maximum atomic E-state index is 12.8. The highest BCUT2D eigenvalue weighted by molar-refractivity contribution is 5.70. The summed E-state index contributed by atoms with van der Waals surface area (Å²) in [7, 11) is 0. The first-order chi connectivity index (χ1) is 26.4. The summed E-state index contributed by atoms with van der Waals surface area (Å²) < 4.78 is 22.9. The van der Waals surface area contributed by atoms with E-state index in [1.165, 1.54) is 109 Å². The Morgan fingerprint density at radius 2 is 1.06 bits per heavy atom. The number of carbonyl (C=O) groups excluding carboxylic acids is 2. The highest BCUT2D eigenvalue weighted by Gasteiger charge is 2.36. The third-order valence-corrected chi connectivity index (χ3v) is 10.5. The summed E-state index contributed by atoms with van der Waals surface area (Å²) in [5, 5.41) is 19.9. The van der Waals surface area contributed by atoms with Gasteiger partial charge in [-0.2, -0.15) is 0 Å². The molecule has 0 saturated carbocycles. The number of aliphatic hydroxyl groups excluding tert-OH is 2. The van der Waals surface area contributed by atoms with Gasteiger partial charge in [-0.25, -0.2) is 0 Å². The minimum Gasteiger partial charge on any atom is -0.462 e. The lowest BCUT2D eigenvalue weighted by Gasteiger charge is -2.37. The lowest BCUT2D eigenvalue weighted by molar-refractivity contribution is -0.251. The summed E-state index contributed by atoms with van der Waals surface area (Å²) in [6.45, 7) is 6.01. The molecule has 1 aliphatic heterocycles. The molecule has 8 nitrogen and oxygen atoms in total. The zero-order chi connectivity index (χ0) is 39.3. The number of unbranched alkanes of at least 4 members (excludes halogenated alkanes) is 22. The largest absolute Gasteiger partial charge is 0.462 e. The lowest BCUT2D eigenvalue weighted by atomic mass is 9.93. The molecule has 1 unspecified atom stereocenters. The fourth-order valence-electron chi connectivity index (χ4n) is 6.91. The molecule has 8 heteroatoms. The first kappa shape index (κ1) is 50.3. The number of esters is 2. The molecule has 1 aliphatic rings. The van der Waals surface area contributed by atoms with Crippen molar-refractivity contribution in [3.8, 4) is 0 Å². The van der Waals surface area contributed by atoms with Crippen molar-refractivity contribution in [2.24, 2.45) is 5.92 Å². The Morgan fingerprint density at radius 1 is 0.630 bits per heavy atom. The second-order valence-corrected chi connectivity index (χ2v) is 15.8. The molecule has 0 aromatic carbocycles. The fraction of sp³-hybridized carbons (Fsp3) is 0.870. The van der Waals surface area contributed by atoms with Crippen LogP contribution in [0, 0.1) is 5.92 Å². The summed E-state index contributed by atoms with van der Waals surface area (Å²) >= 11 is 0. The molecule has 0 spiro atoms. The number of hydrogen-bond donors (Lipinski definition) is 2. The van der Waals surface area contributed by atoms with Crippen molar-refractivity contribution < 1.29 is 38.7 Å². The van der Waals surface area contributed by atoms with Gasteiger partial charge in [-0.3, -0.25) is 9.59 Å². The topological polar surface area (TPSA) is 112 Å². The van der Waals surface area contributed by atoms with E-state index in [-0.39, 0.29) is 37.7 Å². The number of hydrogen-bond acceptors (Lipinski definition) is 8. The van der Waals surface area contributed by atoms with E-state index >= 15 is 0 Å². The van der Waals surface area contributed by atoms with Gasteiger partial charge in [0.25, 0.3) is 0 Å². The van der Waals surface area contributed by atoms with Gasteiger partial charge in [-0.15, -0.1) is 0 Å². The average Bonchev–Trinajstić information content (AvgIpc) is 3.17. The van der Waals surface area contributed by atoms with Crippen molar-refractivity contribution >= 4 is 11.9 Å². The lowest BCUT2D eigenvalue weighted by Crippen LogP contribution is -2.47. The number of allylic oxidation sites excluding steroid dienone is 4. The van der Waals surface area contributed by atoms with Gasteiger partial charge < -0.3 is 29.2 Å². The van der Waals surface area contributed by atoms with E-state index < -0.39 is 24.6 Å². The van der Waals surface area contributed by atoms with E-state index in [1.807, 2.05) is 6.92 Å². The Balaban J connectivity index is 2.29. The smallest absolute Gasteiger partial charge is 0.306 e. The van der Waals surface area contributed by atoms with E-state index in [4.69, 9.17) is 18.9 Å². The minimum absolute atomic E-state index is 0.00440. The van der Waals surface area contributed by atoms with Crippen LogP contribution in [0.4, 0.5) is 0 Å². The molecule has 2 N–H and O–H groups in total. The standard InChI is InChI=1S/C46H84O8/c1-4-6-8-10-12-14-16-18-20-22-24-26-28-30-32-34-43(48)51-38-41(39-52-45-36-40(3)46(50)42(37-47)54-45)53-44(49)35-33-31-29-27-25-23-21-19-17-15-13-11-9-7-5-2/h18-21,40-42,45-47,50H,4-17,22-39H2,1-3H3/b20-18-,21-19-/t40?,41-,42-,45-,46-/m1/s1. The van der Waals surface area contributed by atoms with Crippen molar-refractivity contribution in [2.45, 2.75) is 232 Å². The van der Waals surface area contributed by atoms with Crippen molar-refractivity contribution in [2.75, 3.05) is 19.8 Å². The van der Waals surface area contributed by atoms with Crippen LogP contribution in [0.1, 0.15) is 207 Å². The predicted molar refractivity (Wildman–Crippen MR) is 221 cm³/mol. The summed E-state index contributed by atoms with van der Waals surface area (Å²) in [4.78, 5) is 25.3. The van der Waals surface area contributed by atoms with Crippen LogP contribution in [-0.4, -0.2) is 66.6 Å². The molecule has 316 valence electrons. The molecule has 0 aromatic heterocycles. The van der Waals surface area contributed by atoms with E-state index in [9.17, 15) is 19.8 Å². The monoisotopic (exact) mass is 765 g/mol. The summed E-state index contributed by atoms with van der Waals surface area (Å²) in [5.74, 6) is -0.736. The maximum Gasteiger partial charge on any atom is 0.306 e. The molecular formula is C46H84O8. The number of aliphatic hydroxyl groups is 2. The van der Waals surface area contributed by atoms with Gasteiger partial charge in [-0.1, -0.05) is 148 Å². The SMILES string of the molecule is CCCCCCCC/C=C\CCCCCCCC(=O)OC[C@H](CO[C@H]1CC(C)[C@@H](O)[C@@H](CO)O1)OC(=O)CCCCCCC/C=C\CCCCCCCC. The molecule has 0 aliphatic carbocycles. The van der Waals surface area contributed by atoms with Gasteiger partial charge >= 0.3 is 11.9 Å². The number of rotatable bonds is 37. The molecule has 0 bridgehead atoms. The van der Waals surface area contributed by atoms with Crippen molar-refractivity contribution in [3.63, 3.8) is 0 Å². The molecular weight excluding hydrogens is 680 g/mol. The van der Waals surface area contributed by atoms with E-state index in [0.29, 0.717) is 19.3 Å². The minimum atomic E-state index is -0.771. The molecule has 0 aromatic rings. The quantitative estimate of drug-likeness (QED) is 0.0365. The maximum absolute atomic E-state index is 12.8. The zero-order valence-corrected chi connectivity index (χ0v) is 35.2. The van der Waals surface area contributed by atoms with Crippen LogP contribution in [0.5, 0.6) is 0 Å². The van der Waals surface area contributed by atoms with Crippen molar-refractivity contribution in [1.82, 2.24) is 0 Å². The Kier molecular flexibility index (Phi) is 34.3. The second kappa shape index (κ2) is 36.9. The molecule has 5 atom stereocenters. The predicted octanol–water partition coefficient (Wildman–Crippen LogP) is 11.6. The highest BCUT2D eigenvalue weighted by atomic mass is 16.7. The van der Waals surface area contributed by atoms with Crippen LogP contribution in [0.2, 0.25) is 0 Å². The molecule has 1 rings (SSSR count). The van der Waals surface area contributed by atoms with E-state index in [1.54, 1.807) is 0 Å². The normalized spacial score (nSPS) is 19.5. The van der Waals surface area contributed by atoms with Crippen LogP contribution in [0.25, 0.3) is 0 Å². The number of carbonyl (C=O) groups is 2. The number of ether oxygens (including phenoxy) is 4. The van der Waals surface area contributed by atoms with Crippen LogP contribution in [0.3, 0.4) is 0 Å². The van der Waals surface area contributed by atoms with Crippen LogP contribution in [-0.2, 0) is 28.5 Å². The van der Waals surface area contributed by atoms with Crippen LogP contribution < -0.4 is 0 Å². The zero-order valence-electron chi connectivity index (χ0n) is 35.2. The first-order valence-electron chi connectivity index (χ1n) is 22.6. The van der Waals surface area contributed by atoms with Gasteiger partial charge in [0.1, 0.15) is 12.7 Å². The summed E-state index contributed by atoms with van der Waals surface area (Å²) in [6.07, 6.45) is 38.6. The molecule has 1 saturated heterocycles. The summed E-state index contributed by atoms with van der Waals surface area (Å²) in [5.41, 5.74) is 0. The van der Waals surface area contributed by atoms with Crippen molar-refractivity contribution in [3.05, 3.63) is 24.3 Å². The Bertz CT molecular complexity index is 920. The van der Waals surface area contributed by atoms with Gasteiger partial charge in [0, 0.05) is 19.3 Å². The van der Waals surface area contributed by atoms with Gasteiger partial charge in [-0.05, 0) is 70.1 Å². The van der Waals surface area contributed by atoms with Gasteiger partial charge in [0.2, 0.25) is 0 Å². The third-order valence-electron chi connectivity index (χ3n) is 10.5. The Morgan fingerprint density at radius 3 is 1.52 bits per heavy atom. The first-order valence-corrected chi connectivity index (χ1v) is 22.6. The third kappa shape index (κ3) is 29.5. The van der Waals surface area contributed by atoms with E-state index in [2.05, 4.69) is 38.2 Å². The molecule has 1 fully saturated rings. The van der Waals surface area contributed by atoms with Crippen LogP contribution >= 0.6 is 0 Å². The average molecular weight is 765 g/mol. The Hall–Kier alpha value is -1.74. The summed E-state index contributed by atoms with van der Waals surface area (Å²) in [6, 6.07) is 0.